The Kier molecular flexibility index (Phi) is 5.50. The fourth-order valence-corrected chi connectivity index (χ4v) is 6.45. The van der Waals surface area contributed by atoms with Crippen molar-refractivity contribution in [3.63, 3.8) is 0 Å². The van der Waals surface area contributed by atoms with Gasteiger partial charge in [-0.2, -0.15) is 0 Å². The average molecular weight is 563 g/mol. The fourth-order valence-electron chi connectivity index (χ4n) is 6.45. The first kappa shape index (κ1) is 24.6. The van der Waals surface area contributed by atoms with Gasteiger partial charge in [0.25, 0.3) is 0 Å². The molecule has 0 aliphatic heterocycles. The fraction of sp³-hybridized carbons (Fsp3) is 0. The van der Waals surface area contributed by atoms with Crippen molar-refractivity contribution in [1.82, 2.24) is 4.98 Å². The monoisotopic (exact) mass is 562 g/mol. The van der Waals surface area contributed by atoms with Gasteiger partial charge in [-0.3, -0.25) is 0 Å². The van der Waals surface area contributed by atoms with Crippen LogP contribution < -0.4 is 4.90 Å². The molecule has 3 nitrogen and oxygen atoms in total. The molecule has 0 spiro atoms. The minimum absolute atomic E-state index is 0.905. The number of para-hydroxylation sites is 3. The summed E-state index contributed by atoms with van der Waals surface area (Å²) in [6.07, 6.45) is 0. The van der Waals surface area contributed by atoms with Crippen molar-refractivity contribution in [1.29, 1.82) is 0 Å². The number of fused-ring (bicyclic) bond motifs is 7. The molecule has 0 atom stereocenters. The molecule has 0 aliphatic rings. The molecule has 0 amide bonds. The van der Waals surface area contributed by atoms with Crippen molar-refractivity contribution in [2.45, 2.75) is 0 Å². The lowest BCUT2D eigenvalue weighted by atomic mass is 10.0. The first-order valence-electron chi connectivity index (χ1n) is 14.9. The van der Waals surface area contributed by atoms with Crippen LogP contribution in [0.25, 0.3) is 65.6 Å². The van der Waals surface area contributed by atoms with Gasteiger partial charge >= 0.3 is 0 Å². The highest BCUT2D eigenvalue weighted by molar-refractivity contribution is 6.19. The number of anilines is 3. The van der Waals surface area contributed by atoms with Gasteiger partial charge < -0.3 is 9.32 Å². The maximum absolute atomic E-state index is 6.23. The van der Waals surface area contributed by atoms with Gasteiger partial charge in [-0.05, 0) is 88.3 Å². The van der Waals surface area contributed by atoms with Crippen molar-refractivity contribution in [3.05, 3.63) is 158 Å². The van der Waals surface area contributed by atoms with Gasteiger partial charge in [-0.1, -0.05) is 91.0 Å². The number of pyridine rings is 1. The largest absolute Gasteiger partial charge is 0.456 e. The molecular formula is C41H26N2O. The van der Waals surface area contributed by atoms with E-state index in [1.807, 2.05) is 18.2 Å². The molecule has 2 heterocycles. The molecule has 0 radical (unpaired) electrons. The predicted molar refractivity (Wildman–Crippen MR) is 184 cm³/mol. The van der Waals surface area contributed by atoms with Crippen molar-refractivity contribution >= 4 is 71.4 Å². The maximum Gasteiger partial charge on any atom is 0.136 e. The van der Waals surface area contributed by atoms with E-state index in [9.17, 15) is 0 Å². The van der Waals surface area contributed by atoms with Crippen LogP contribution in [-0.2, 0) is 0 Å². The normalized spacial score (nSPS) is 11.6. The Balaban J connectivity index is 1.22. The zero-order valence-electron chi connectivity index (χ0n) is 23.8. The van der Waals surface area contributed by atoms with Crippen molar-refractivity contribution < 1.29 is 4.42 Å². The second-order valence-electron chi connectivity index (χ2n) is 11.2. The lowest BCUT2D eigenvalue weighted by Crippen LogP contribution is -2.09. The molecule has 0 fully saturated rings. The number of rotatable bonds is 4. The van der Waals surface area contributed by atoms with Crippen LogP contribution in [0.15, 0.2) is 162 Å². The van der Waals surface area contributed by atoms with Crippen LogP contribution in [0.5, 0.6) is 0 Å². The Bertz CT molecular complexity index is 2510. The van der Waals surface area contributed by atoms with Crippen LogP contribution >= 0.6 is 0 Å². The molecule has 44 heavy (non-hydrogen) atoms. The van der Waals surface area contributed by atoms with Gasteiger partial charge in [-0.15, -0.1) is 0 Å². The summed E-state index contributed by atoms with van der Waals surface area (Å²) >= 11 is 0. The minimum Gasteiger partial charge on any atom is -0.456 e. The van der Waals surface area contributed by atoms with E-state index in [1.54, 1.807) is 0 Å². The van der Waals surface area contributed by atoms with E-state index in [-0.39, 0.29) is 0 Å². The molecule has 9 rings (SSSR count). The van der Waals surface area contributed by atoms with E-state index < -0.39 is 0 Å². The summed E-state index contributed by atoms with van der Waals surface area (Å²) in [5.74, 6) is 0. The number of furan rings is 1. The second kappa shape index (κ2) is 9.82. The highest BCUT2D eigenvalue weighted by atomic mass is 16.3. The number of hydrogen-bond acceptors (Lipinski definition) is 3. The first-order valence-corrected chi connectivity index (χ1v) is 14.9. The SMILES string of the molecule is c1ccc(N(c2ccc3ccc(-c4ccc5ccccc5n4)cc3c2)c2ccc3ccc4oc5ccccc5c4c3c2)cc1. The summed E-state index contributed by atoms with van der Waals surface area (Å²) in [7, 11) is 0. The standard InChI is InChI=1S/C41H26N2O/c1-2-9-32(10-3-1)43(34-21-17-28-19-23-40-41(36(28)26-34)35-11-5-7-13-39(35)44-40)33-20-16-27-14-15-30(24-31(27)25-33)38-22-18-29-8-4-6-12-37(29)42-38/h1-26H. The molecule has 206 valence electrons. The molecule has 7 aromatic carbocycles. The van der Waals surface area contributed by atoms with E-state index in [0.29, 0.717) is 0 Å². The van der Waals surface area contributed by atoms with Gasteiger partial charge in [0, 0.05) is 38.8 Å². The van der Waals surface area contributed by atoms with E-state index in [0.717, 1.165) is 61.2 Å². The third kappa shape index (κ3) is 4.02. The predicted octanol–water partition coefficient (Wildman–Crippen LogP) is 11.6. The average Bonchev–Trinajstić information content (AvgIpc) is 3.48. The van der Waals surface area contributed by atoms with Crippen LogP contribution in [-0.4, -0.2) is 4.98 Å². The smallest absolute Gasteiger partial charge is 0.136 e. The summed E-state index contributed by atoms with van der Waals surface area (Å²) < 4.78 is 6.23. The van der Waals surface area contributed by atoms with Gasteiger partial charge in [0.1, 0.15) is 11.2 Å². The number of nitrogens with zero attached hydrogens (tertiary/aromatic N) is 2. The van der Waals surface area contributed by atoms with Crippen LogP contribution in [0.2, 0.25) is 0 Å². The zero-order valence-corrected chi connectivity index (χ0v) is 23.8. The van der Waals surface area contributed by atoms with Crippen LogP contribution in [0.3, 0.4) is 0 Å². The summed E-state index contributed by atoms with van der Waals surface area (Å²) in [4.78, 5) is 7.29. The van der Waals surface area contributed by atoms with E-state index in [1.165, 1.54) is 21.5 Å². The molecule has 0 unspecified atom stereocenters. The Labute approximate surface area is 254 Å². The number of benzene rings is 7. The topological polar surface area (TPSA) is 29.3 Å². The Morgan fingerprint density at radius 3 is 2.09 bits per heavy atom. The number of aromatic nitrogens is 1. The van der Waals surface area contributed by atoms with E-state index in [2.05, 4.69) is 144 Å². The van der Waals surface area contributed by atoms with E-state index >= 15 is 0 Å². The second-order valence-corrected chi connectivity index (χ2v) is 11.2. The van der Waals surface area contributed by atoms with Gasteiger partial charge in [0.15, 0.2) is 0 Å². The molecule has 0 saturated carbocycles. The Morgan fingerprint density at radius 2 is 1.16 bits per heavy atom. The molecule has 0 N–H and O–H groups in total. The molecular weight excluding hydrogens is 536 g/mol. The Hall–Kier alpha value is -5.93. The molecule has 0 aliphatic carbocycles. The van der Waals surface area contributed by atoms with Gasteiger partial charge in [0.05, 0.1) is 11.2 Å². The molecule has 2 aromatic heterocycles. The lowest BCUT2D eigenvalue weighted by Gasteiger charge is -2.26. The maximum atomic E-state index is 6.23. The lowest BCUT2D eigenvalue weighted by molar-refractivity contribution is 0.669. The van der Waals surface area contributed by atoms with Crippen molar-refractivity contribution in [2.24, 2.45) is 0 Å². The quantitative estimate of drug-likeness (QED) is 0.214. The summed E-state index contributed by atoms with van der Waals surface area (Å²) in [6, 6.07) is 55.6. The van der Waals surface area contributed by atoms with Gasteiger partial charge in [0.2, 0.25) is 0 Å². The molecule has 0 saturated heterocycles. The van der Waals surface area contributed by atoms with Gasteiger partial charge in [-0.25, -0.2) is 4.98 Å². The summed E-state index contributed by atoms with van der Waals surface area (Å²) in [5, 5.41) is 8.16. The van der Waals surface area contributed by atoms with E-state index in [4.69, 9.17) is 9.40 Å². The van der Waals surface area contributed by atoms with Crippen molar-refractivity contribution in [2.75, 3.05) is 4.90 Å². The third-order valence-corrected chi connectivity index (χ3v) is 8.59. The summed E-state index contributed by atoms with van der Waals surface area (Å²) in [5.41, 5.74) is 8.18. The third-order valence-electron chi connectivity index (χ3n) is 8.59. The first-order chi connectivity index (χ1) is 21.8. The van der Waals surface area contributed by atoms with Crippen LogP contribution in [0, 0.1) is 0 Å². The molecule has 0 bridgehead atoms. The zero-order chi connectivity index (χ0) is 29.0. The molecule has 3 heteroatoms. The van der Waals surface area contributed by atoms with Crippen LogP contribution in [0.1, 0.15) is 0 Å². The van der Waals surface area contributed by atoms with Crippen LogP contribution in [0.4, 0.5) is 17.1 Å². The highest BCUT2D eigenvalue weighted by Crippen LogP contribution is 2.41. The number of hydrogen-bond donors (Lipinski definition) is 0. The summed E-state index contributed by atoms with van der Waals surface area (Å²) in [6.45, 7) is 0. The van der Waals surface area contributed by atoms with Crippen molar-refractivity contribution in [3.8, 4) is 11.3 Å². The minimum atomic E-state index is 0.905. The Morgan fingerprint density at radius 1 is 0.432 bits per heavy atom. The molecule has 9 aromatic rings. The highest BCUT2D eigenvalue weighted by Gasteiger charge is 2.16.